The van der Waals surface area contributed by atoms with Gasteiger partial charge in [0.1, 0.15) is 6.07 Å². The van der Waals surface area contributed by atoms with Crippen molar-refractivity contribution in [2.75, 3.05) is 6.61 Å². The molecule has 0 spiro atoms. The Labute approximate surface area is 135 Å². The molecule has 0 fully saturated rings. The molecule has 1 aromatic carbocycles. The van der Waals surface area contributed by atoms with Crippen molar-refractivity contribution in [1.82, 2.24) is 4.98 Å². The summed E-state index contributed by atoms with van der Waals surface area (Å²) in [5.74, 6) is 0. The summed E-state index contributed by atoms with van der Waals surface area (Å²) in [5.41, 5.74) is 8.50. The second-order valence-corrected chi connectivity index (χ2v) is 6.37. The van der Waals surface area contributed by atoms with E-state index in [0.29, 0.717) is 12.0 Å². The molecule has 2 rings (SSSR count). The lowest BCUT2D eigenvalue weighted by Gasteiger charge is -2.20. The minimum atomic E-state index is -0.286. The summed E-state index contributed by atoms with van der Waals surface area (Å²) in [6.07, 6.45) is 2.24. The van der Waals surface area contributed by atoms with Crippen LogP contribution in [-0.4, -0.2) is 22.7 Å². The van der Waals surface area contributed by atoms with Crippen molar-refractivity contribution in [3.63, 3.8) is 0 Å². The first-order valence-electron chi connectivity index (χ1n) is 7.08. The lowest BCUT2D eigenvalue weighted by molar-refractivity contribution is 0.259. The summed E-state index contributed by atoms with van der Waals surface area (Å²) >= 11 is 1.60. The summed E-state index contributed by atoms with van der Waals surface area (Å²) in [4.78, 5) is 5.06. The van der Waals surface area contributed by atoms with Crippen LogP contribution in [0.3, 0.4) is 0 Å². The van der Waals surface area contributed by atoms with Gasteiger partial charge in [0.05, 0.1) is 12.2 Å². The van der Waals surface area contributed by atoms with Crippen molar-refractivity contribution in [3.8, 4) is 6.07 Å². The molecule has 114 valence electrons. The number of nitrogens with zero attached hydrogens (tertiary/aromatic N) is 2. The van der Waals surface area contributed by atoms with Gasteiger partial charge in [-0.1, -0.05) is 30.3 Å². The zero-order valence-electron chi connectivity index (χ0n) is 12.4. The van der Waals surface area contributed by atoms with E-state index in [1.54, 1.807) is 18.0 Å². The Kier molecular flexibility index (Phi) is 5.96. The number of benzene rings is 1. The molecule has 0 aliphatic carbocycles. The summed E-state index contributed by atoms with van der Waals surface area (Å²) in [6, 6.07) is 13.8. The van der Waals surface area contributed by atoms with Crippen molar-refractivity contribution in [3.05, 3.63) is 59.4 Å². The molecule has 1 heterocycles. The Morgan fingerprint density at radius 3 is 2.73 bits per heavy atom. The highest BCUT2D eigenvalue weighted by Gasteiger charge is 2.18. The lowest BCUT2D eigenvalue weighted by atomic mass is 10.1. The minimum absolute atomic E-state index is 0.0512. The maximum absolute atomic E-state index is 9.25. The van der Waals surface area contributed by atoms with E-state index in [4.69, 9.17) is 5.73 Å². The van der Waals surface area contributed by atoms with Gasteiger partial charge in [-0.05, 0) is 25.0 Å². The molecule has 0 unspecified atom stereocenters. The van der Waals surface area contributed by atoms with Crippen molar-refractivity contribution < 1.29 is 5.11 Å². The molecule has 2 aromatic rings. The van der Waals surface area contributed by atoms with E-state index in [9.17, 15) is 10.4 Å². The zero-order chi connectivity index (χ0) is 15.9. The maximum Gasteiger partial charge on any atom is 0.102 e. The average Bonchev–Trinajstić information content (AvgIpc) is 2.55. The highest BCUT2D eigenvalue weighted by molar-refractivity contribution is 7.99. The molecule has 0 bridgehead atoms. The molecular weight excluding hydrogens is 294 g/mol. The molecule has 2 atom stereocenters. The van der Waals surface area contributed by atoms with Gasteiger partial charge in [-0.2, -0.15) is 5.26 Å². The number of aromatic nitrogens is 1. The molecule has 0 aliphatic heterocycles. The molecule has 4 nitrogen and oxygen atoms in total. The van der Waals surface area contributed by atoms with Crippen molar-refractivity contribution in [1.29, 1.82) is 5.26 Å². The summed E-state index contributed by atoms with van der Waals surface area (Å²) in [6.45, 7) is 1.85. The third-order valence-electron chi connectivity index (χ3n) is 3.32. The topological polar surface area (TPSA) is 82.9 Å². The molecule has 0 saturated carbocycles. The quantitative estimate of drug-likeness (QED) is 0.801. The number of thioether (sulfide) groups is 1. The molecule has 22 heavy (non-hydrogen) atoms. The van der Waals surface area contributed by atoms with Crippen LogP contribution in [0.5, 0.6) is 0 Å². The van der Waals surface area contributed by atoms with Crippen LogP contribution >= 0.6 is 11.8 Å². The Hall–Kier alpha value is -1.87. The highest BCUT2D eigenvalue weighted by atomic mass is 32.2. The molecule has 0 radical (unpaired) electrons. The van der Waals surface area contributed by atoms with E-state index in [-0.39, 0.29) is 17.9 Å². The first-order chi connectivity index (χ1) is 10.6. The van der Waals surface area contributed by atoms with Gasteiger partial charge in [0.2, 0.25) is 0 Å². The van der Waals surface area contributed by atoms with Gasteiger partial charge < -0.3 is 10.8 Å². The molecular formula is C17H19N3OS. The van der Waals surface area contributed by atoms with E-state index >= 15 is 0 Å². The van der Waals surface area contributed by atoms with Gasteiger partial charge in [0.15, 0.2) is 0 Å². The molecule has 0 amide bonds. The first kappa shape index (κ1) is 16.5. The monoisotopic (exact) mass is 313 g/mol. The molecule has 1 aromatic heterocycles. The van der Waals surface area contributed by atoms with Crippen LogP contribution < -0.4 is 5.73 Å². The van der Waals surface area contributed by atoms with Crippen LogP contribution in [0.1, 0.15) is 28.5 Å². The third-order valence-corrected chi connectivity index (χ3v) is 4.66. The van der Waals surface area contributed by atoms with E-state index in [0.717, 1.165) is 16.2 Å². The number of aliphatic hydroxyl groups excluding tert-OH is 1. The number of aryl methyl sites for hydroxylation is 1. The Balaban J connectivity index is 2.31. The summed E-state index contributed by atoms with van der Waals surface area (Å²) < 4.78 is 0. The van der Waals surface area contributed by atoms with Gasteiger partial charge in [-0.3, -0.25) is 4.98 Å². The van der Waals surface area contributed by atoms with Gasteiger partial charge in [-0.15, -0.1) is 11.8 Å². The molecule has 3 N–H and O–H groups in total. The lowest BCUT2D eigenvalue weighted by Crippen LogP contribution is -2.26. The summed E-state index contributed by atoms with van der Waals surface area (Å²) in [7, 11) is 0. The number of pyridine rings is 1. The van der Waals surface area contributed by atoms with Crippen LogP contribution in [0.15, 0.2) is 47.5 Å². The number of nitrogens with two attached hydrogens (primary N) is 1. The second kappa shape index (κ2) is 7.95. The number of hydrogen-bond acceptors (Lipinski definition) is 5. The fraction of sp³-hybridized carbons (Fsp3) is 0.294. The van der Waals surface area contributed by atoms with E-state index in [1.165, 1.54) is 0 Å². The van der Waals surface area contributed by atoms with Gasteiger partial charge in [0, 0.05) is 28.1 Å². The zero-order valence-corrected chi connectivity index (χ0v) is 13.3. The van der Waals surface area contributed by atoms with E-state index in [2.05, 4.69) is 11.1 Å². The SMILES string of the molecule is Cc1cc(S[C@H](C[C@H](N)CO)c2ccccc2)c(C#N)cn1. The second-order valence-electron chi connectivity index (χ2n) is 5.13. The number of hydrogen-bond donors (Lipinski definition) is 2. The Morgan fingerprint density at radius 1 is 1.36 bits per heavy atom. The van der Waals surface area contributed by atoms with Gasteiger partial charge in [-0.25, -0.2) is 0 Å². The molecule has 5 heteroatoms. The molecule has 0 aliphatic rings. The predicted octanol–water partition coefficient (Wildman–Crippen LogP) is 2.80. The summed E-state index contributed by atoms with van der Waals surface area (Å²) in [5, 5.41) is 18.6. The van der Waals surface area contributed by atoms with Gasteiger partial charge >= 0.3 is 0 Å². The predicted molar refractivity (Wildman–Crippen MR) is 88.4 cm³/mol. The van der Waals surface area contributed by atoms with Crippen LogP contribution in [0, 0.1) is 18.3 Å². The highest BCUT2D eigenvalue weighted by Crippen LogP contribution is 2.39. The fourth-order valence-corrected chi connectivity index (χ4v) is 3.55. The van der Waals surface area contributed by atoms with Crippen LogP contribution in [0.4, 0.5) is 0 Å². The standard InChI is InChI=1S/C17H19N3OS/c1-12-7-16(14(9-18)10-20-12)22-17(8-15(19)11-21)13-5-3-2-4-6-13/h2-7,10,15,17,21H,8,11,19H2,1H3/t15-,17+/m0/s1. The van der Waals surface area contributed by atoms with Crippen molar-refractivity contribution >= 4 is 11.8 Å². The average molecular weight is 313 g/mol. The normalized spacial score (nSPS) is 13.4. The Bertz CT molecular complexity index is 655. The fourth-order valence-electron chi connectivity index (χ4n) is 2.14. The van der Waals surface area contributed by atoms with E-state index < -0.39 is 0 Å². The maximum atomic E-state index is 9.25. The van der Waals surface area contributed by atoms with E-state index in [1.807, 2.05) is 43.3 Å². The van der Waals surface area contributed by atoms with Crippen molar-refractivity contribution in [2.45, 2.75) is 29.5 Å². The third kappa shape index (κ3) is 4.31. The van der Waals surface area contributed by atoms with Gasteiger partial charge in [0.25, 0.3) is 0 Å². The van der Waals surface area contributed by atoms with Crippen LogP contribution in [-0.2, 0) is 0 Å². The largest absolute Gasteiger partial charge is 0.395 e. The number of aliphatic hydroxyl groups is 1. The number of nitriles is 1. The van der Waals surface area contributed by atoms with Crippen LogP contribution in [0.2, 0.25) is 0 Å². The number of rotatable bonds is 6. The molecule has 0 saturated heterocycles. The van der Waals surface area contributed by atoms with Crippen LogP contribution in [0.25, 0.3) is 0 Å². The first-order valence-corrected chi connectivity index (χ1v) is 7.96. The smallest absolute Gasteiger partial charge is 0.102 e. The van der Waals surface area contributed by atoms with Crippen molar-refractivity contribution in [2.24, 2.45) is 5.73 Å². The Morgan fingerprint density at radius 2 is 2.09 bits per heavy atom. The minimum Gasteiger partial charge on any atom is -0.395 e.